The lowest BCUT2D eigenvalue weighted by Crippen LogP contribution is -2.65. The van der Waals surface area contributed by atoms with Gasteiger partial charge in [-0.1, -0.05) is 12.1 Å². The van der Waals surface area contributed by atoms with Crippen molar-refractivity contribution in [1.29, 1.82) is 0 Å². The number of rotatable bonds is 4. The molecule has 5 rings (SSSR count). The van der Waals surface area contributed by atoms with Crippen molar-refractivity contribution in [2.45, 2.75) is 18.6 Å². The Morgan fingerprint density at radius 1 is 1.09 bits per heavy atom. The number of fused-ring (bicyclic) bond motifs is 1. The number of para-hydroxylation sites is 1. The van der Waals surface area contributed by atoms with Gasteiger partial charge in [0.1, 0.15) is 5.82 Å². The minimum absolute atomic E-state index is 0.00216. The molecule has 4 heterocycles. The van der Waals surface area contributed by atoms with Crippen LogP contribution in [0, 0.1) is 5.92 Å². The van der Waals surface area contributed by atoms with Crippen molar-refractivity contribution >= 4 is 17.7 Å². The molecule has 3 aromatic rings. The molecule has 34 heavy (non-hydrogen) atoms. The molecule has 1 amide bonds. The molecular formula is C22H23F3N8O. The van der Waals surface area contributed by atoms with E-state index in [0.717, 1.165) is 12.5 Å². The van der Waals surface area contributed by atoms with Crippen molar-refractivity contribution in [3.05, 3.63) is 54.0 Å². The van der Waals surface area contributed by atoms with Gasteiger partial charge in [0.15, 0.2) is 5.69 Å². The fourth-order valence-corrected chi connectivity index (χ4v) is 4.50. The van der Waals surface area contributed by atoms with Gasteiger partial charge < -0.3 is 14.7 Å². The summed E-state index contributed by atoms with van der Waals surface area (Å²) in [4.78, 5) is 27.9. The maximum Gasteiger partial charge on any atom is 0.433 e. The zero-order valence-corrected chi connectivity index (χ0v) is 18.6. The van der Waals surface area contributed by atoms with Gasteiger partial charge in [0.05, 0.1) is 29.7 Å². The van der Waals surface area contributed by atoms with Crippen LogP contribution in [0.3, 0.4) is 0 Å². The van der Waals surface area contributed by atoms with Crippen molar-refractivity contribution in [2.75, 3.05) is 43.5 Å². The molecule has 0 bridgehead atoms. The molecule has 9 nitrogen and oxygen atoms in total. The summed E-state index contributed by atoms with van der Waals surface area (Å²) >= 11 is 0. The van der Waals surface area contributed by atoms with Gasteiger partial charge in [0.25, 0.3) is 5.91 Å². The predicted octanol–water partition coefficient (Wildman–Crippen LogP) is 2.49. The van der Waals surface area contributed by atoms with E-state index >= 15 is 0 Å². The number of amides is 1. The average molecular weight is 472 g/mol. The van der Waals surface area contributed by atoms with Crippen LogP contribution in [-0.4, -0.2) is 75.5 Å². The number of likely N-dealkylation sites (tertiary alicyclic amines) is 1. The number of aromatic nitrogens is 5. The second-order valence-corrected chi connectivity index (χ2v) is 8.66. The van der Waals surface area contributed by atoms with Crippen LogP contribution in [0.2, 0.25) is 0 Å². The molecule has 2 aliphatic rings. The molecule has 0 saturated carbocycles. The molecule has 1 aromatic carbocycles. The van der Waals surface area contributed by atoms with Crippen molar-refractivity contribution in [2.24, 2.45) is 5.92 Å². The van der Waals surface area contributed by atoms with Gasteiger partial charge in [0.2, 0.25) is 5.95 Å². The molecule has 0 unspecified atom stereocenters. The molecule has 2 aliphatic heterocycles. The Hall–Kier alpha value is -3.70. The first-order valence-electron chi connectivity index (χ1n) is 10.9. The maximum atomic E-state index is 13.4. The lowest BCUT2D eigenvalue weighted by molar-refractivity contribution is -0.141. The Morgan fingerprint density at radius 2 is 1.82 bits per heavy atom. The summed E-state index contributed by atoms with van der Waals surface area (Å²) in [6, 6.07) is 7.98. The van der Waals surface area contributed by atoms with E-state index in [1.165, 1.54) is 22.1 Å². The standard InChI is InChI=1S/C22H23F3N8O/c1-30(2)21-28-18(22(23,24)25)11-19(29-21)32-12-14-7-10-31(13-17(14)32)20(34)15-5-3-4-6-16(15)33-26-8-9-27-33/h3-6,8-9,11,14,17H,7,10,12-13H2,1-2H3/t14-,17-/m0/s1. The number of carbonyl (C=O) groups is 1. The molecule has 0 N–H and O–H groups in total. The number of halogens is 3. The van der Waals surface area contributed by atoms with E-state index < -0.39 is 11.9 Å². The highest BCUT2D eigenvalue weighted by atomic mass is 19.4. The topological polar surface area (TPSA) is 83.3 Å². The van der Waals surface area contributed by atoms with Gasteiger partial charge in [-0.2, -0.15) is 33.1 Å². The minimum atomic E-state index is -4.58. The predicted molar refractivity (Wildman–Crippen MR) is 118 cm³/mol. The van der Waals surface area contributed by atoms with Crippen LogP contribution in [0.15, 0.2) is 42.7 Å². The molecule has 2 aromatic heterocycles. The molecule has 0 spiro atoms. The molecule has 0 aliphatic carbocycles. The summed E-state index contributed by atoms with van der Waals surface area (Å²) in [5.41, 5.74) is 0.0692. The first-order chi connectivity index (χ1) is 16.2. The second-order valence-electron chi connectivity index (χ2n) is 8.66. The van der Waals surface area contributed by atoms with Crippen molar-refractivity contribution < 1.29 is 18.0 Å². The lowest BCUT2D eigenvalue weighted by Gasteiger charge is -2.54. The summed E-state index contributed by atoms with van der Waals surface area (Å²) in [5, 5.41) is 8.26. The fourth-order valence-electron chi connectivity index (χ4n) is 4.50. The summed E-state index contributed by atoms with van der Waals surface area (Å²) in [6.07, 6.45) is -0.728. The summed E-state index contributed by atoms with van der Waals surface area (Å²) in [7, 11) is 3.20. The van der Waals surface area contributed by atoms with Crippen LogP contribution >= 0.6 is 0 Å². The van der Waals surface area contributed by atoms with Gasteiger partial charge in [-0.25, -0.2) is 4.98 Å². The van der Waals surface area contributed by atoms with Crippen LogP contribution in [0.1, 0.15) is 22.5 Å². The van der Waals surface area contributed by atoms with Gasteiger partial charge in [0, 0.05) is 45.7 Å². The highest BCUT2D eigenvalue weighted by molar-refractivity contribution is 5.97. The number of carbonyl (C=O) groups excluding carboxylic acids is 1. The quantitative estimate of drug-likeness (QED) is 0.577. The van der Waals surface area contributed by atoms with E-state index in [0.29, 0.717) is 36.8 Å². The normalized spacial score (nSPS) is 20.0. The van der Waals surface area contributed by atoms with Gasteiger partial charge in [-0.05, 0) is 18.6 Å². The Bertz CT molecular complexity index is 1200. The number of hydrogen-bond acceptors (Lipinski definition) is 7. The Balaban J connectivity index is 1.40. The monoisotopic (exact) mass is 472 g/mol. The smallest absolute Gasteiger partial charge is 0.351 e. The first kappa shape index (κ1) is 22.1. The number of nitrogens with zero attached hydrogens (tertiary/aromatic N) is 8. The third-order valence-corrected chi connectivity index (χ3v) is 6.29. The molecular weight excluding hydrogens is 449 g/mol. The van der Waals surface area contributed by atoms with E-state index in [-0.39, 0.29) is 23.7 Å². The summed E-state index contributed by atoms with van der Waals surface area (Å²) in [6.45, 7) is 1.57. The lowest BCUT2D eigenvalue weighted by atomic mass is 9.82. The van der Waals surface area contributed by atoms with E-state index in [4.69, 9.17) is 0 Å². The largest absolute Gasteiger partial charge is 0.433 e. The summed E-state index contributed by atoms with van der Waals surface area (Å²) < 4.78 is 40.3. The minimum Gasteiger partial charge on any atom is -0.351 e. The Labute approximate surface area is 193 Å². The number of benzene rings is 1. The average Bonchev–Trinajstić information content (AvgIpc) is 3.33. The fraction of sp³-hybridized carbons (Fsp3) is 0.409. The number of alkyl halides is 3. The Kier molecular flexibility index (Phi) is 5.37. The van der Waals surface area contributed by atoms with Crippen LogP contribution < -0.4 is 9.80 Å². The number of anilines is 2. The molecule has 2 saturated heterocycles. The highest BCUT2D eigenvalue weighted by Gasteiger charge is 2.45. The maximum absolute atomic E-state index is 13.4. The van der Waals surface area contributed by atoms with Crippen molar-refractivity contribution in [3.63, 3.8) is 0 Å². The van der Waals surface area contributed by atoms with E-state index in [1.54, 1.807) is 37.2 Å². The highest BCUT2D eigenvalue weighted by Crippen LogP contribution is 2.38. The van der Waals surface area contributed by atoms with E-state index in [9.17, 15) is 18.0 Å². The zero-order chi connectivity index (χ0) is 24.0. The summed E-state index contributed by atoms with van der Waals surface area (Å²) in [5.74, 6) is 0.352. The number of piperidine rings is 1. The Morgan fingerprint density at radius 3 is 2.53 bits per heavy atom. The van der Waals surface area contributed by atoms with Gasteiger partial charge in [-0.3, -0.25) is 4.79 Å². The first-order valence-corrected chi connectivity index (χ1v) is 10.9. The molecule has 178 valence electrons. The van der Waals surface area contributed by atoms with E-state index in [1.807, 2.05) is 11.0 Å². The van der Waals surface area contributed by atoms with E-state index in [2.05, 4.69) is 20.2 Å². The van der Waals surface area contributed by atoms with Crippen LogP contribution in [0.5, 0.6) is 0 Å². The van der Waals surface area contributed by atoms with Gasteiger partial charge >= 0.3 is 6.18 Å². The molecule has 0 radical (unpaired) electrons. The SMILES string of the molecule is CN(C)c1nc(N2C[C@@H]3CCN(C(=O)c4ccccc4-n4nccn4)C[C@@H]32)cc(C(F)(F)F)n1. The molecule has 2 atom stereocenters. The van der Waals surface area contributed by atoms with Crippen LogP contribution in [-0.2, 0) is 6.18 Å². The van der Waals surface area contributed by atoms with Crippen LogP contribution in [0.4, 0.5) is 24.9 Å². The molecule has 2 fully saturated rings. The van der Waals surface area contributed by atoms with Crippen LogP contribution in [0.25, 0.3) is 5.69 Å². The zero-order valence-electron chi connectivity index (χ0n) is 18.6. The third-order valence-electron chi connectivity index (χ3n) is 6.29. The molecule has 12 heteroatoms. The van der Waals surface area contributed by atoms with Crippen molar-refractivity contribution in [3.8, 4) is 5.69 Å². The van der Waals surface area contributed by atoms with Gasteiger partial charge in [-0.15, -0.1) is 0 Å². The second kappa shape index (κ2) is 8.26. The number of hydrogen-bond donors (Lipinski definition) is 0. The van der Waals surface area contributed by atoms with Crippen molar-refractivity contribution in [1.82, 2.24) is 29.9 Å². The third kappa shape index (κ3) is 3.93.